The highest BCUT2D eigenvalue weighted by molar-refractivity contribution is 5.99. The first-order chi connectivity index (χ1) is 41.1. The Morgan fingerprint density at radius 1 is 0.534 bits per heavy atom. The lowest BCUT2D eigenvalue weighted by molar-refractivity contribution is -0.144. The first-order valence-electron chi connectivity index (χ1n) is 28.8. The summed E-state index contributed by atoms with van der Waals surface area (Å²) in [6, 6.07) is -16.5. The van der Waals surface area contributed by atoms with Crippen molar-refractivity contribution in [3.05, 3.63) is 0 Å². The molecule has 0 aromatic heterocycles. The van der Waals surface area contributed by atoms with Gasteiger partial charge < -0.3 is 107 Å². The van der Waals surface area contributed by atoms with Gasteiger partial charge in [-0.3, -0.25) is 67.3 Å². The normalized spacial score (nSPS) is 16.4. The molecule has 0 aromatic carbocycles. The van der Waals surface area contributed by atoms with Gasteiger partial charge in [0.2, 0.25) is 70.9 Å². The SMILES string of the molecule is CC(C)C[C@H](NC(=O)[C@H](CC(C)C)NC(=O)[C@H](CCCN=C(N)N)NC(=O)[C@@H](NC(=O)CNC(=O)[C@@H]1CCCN1C(=O)[C@@H](NC(=O)[C@H](CO)NC(=O)[C@@H](N)CO)C(C)C)C(C)C)C(=O)N[C@@H](CCC(N)=O)C(=O)N[C@@H](CC(=O)O)C(=O)N[C@@H](CO)C(=O)O. The van der Waals surface area contributed by atoms with Crippen molar-refractivity contribution in [1.29, 1.82) is 0 Å². The number of likely N-dealkylation sites (tertiary alicyclic amines) is 1. The summed E-state index contributed by atoms with van der Waals surface area (Å²) in [6.45, 7) is 9.86. The Morgan fingerprint density at radius 3 is 1.45 bits per heavy atom. The highest BCUT2D eigenvalue weighted by Gasteiger charge is 2.41. The number of nitrogens with one attached hydrogen (secondary N) is 10. The molecular formula is C53H92N16O19. The quantitative estimate of drug-likeness (QED) is 0.0154. The van der Waals surface area contributed by atoms with E-state index in [0.717, 1.165) is 0 Å². The Kier molecular flexibility index (Phi) is 34.2. The number of hydrogen-bond acceptors (Lipinski definition) is 19. The summed E-state index contributed by atoms with van der Waals surface area (Å²) in [4.78, 5) is 190. The number of rotatable bonds is 40. The molecule has 23 N–H and O–H groups in total. The first kappa shape index (κ1) is 77.7. The second-order valence-corrected chi connectivity index (χ2v) is 22.7. The van der Waals surface area contributed by atoms with E-state index in [9.17, 15) is 92.7 Å². The van der Waals surface area contributed by atoms with Crippen molar-refractivity contribution in [3.63, 3.8) is 0 Å². The third-order valence-corrected chi connectivity index (χ3v) is 13.5. The van der Waals surface area contributed by atoms with Gasteiger partial charge in [-0.05, 0) is 68.6 Å². The zero-order valence-electron chi connectivity index (χ0n) is 50.9. The Labute approximate surface area is 508 Å². The van der Waals surface area contributed by atoms with Crippen molar-refractivity contribution < 1.29 is 92.7 Å². The maximum absolute atomic E-state index is 14.3. The molecule has 0 aliphatic carbocycles. The van der Waals surface area contributed by atoms with Crippen LogP contribution in [0.15, 0.2) is 4.99 Å². The third-order valence-electron chi connectivity index (χ3n) is 13.5. The van der Waals surface area contributed by atoms with E-state index >= 15 is 0 Å². The molecule has 35 heteroatoms. The zero-order valence-corrected chi connectivity index (χ0v) is 50.9. The molecular weight excluding hydrogens is 1160 g/mol. The number of nitrogens with zero attached hydrogens (tertiary/aromatic N) is 2. The number of carbonyl (C=O) groups is 14. The van der Waals surface area contributed by atoms with Crippen molar-refractivity contribution >= 4 is 88.8 Å². The number of hydrogen-bond donors (Lipinski definition) is 19. The molecule has 0 unspecified atom stereocenters. The molecule has 11 atom stereocenters. The van der Waals surface area contributed by atoms with Gasteiger partial charge in [0.05, 0.1) is 32.8 Å². The number of nitrogens with two attached hydrogens (primary N) is 4. The van der Waals surface area contributed by atoms with Crippen LogP contribution in [0.25, 0.3) is 0 Å². The summed E-state index contributed by atoms with van der Waals surface area (Å²) >= 11 is 0. The molecule has 0 radical (unpaired) electrons. The molecule has 88 heavy (non-hydrogen) atoms. The Morgan fingerprint density at radius 2 is 0.989 bits per heavy atom. The second-order valence-electron chi connectivity index (χ2n) is 22.7. The molecule has 0 spiro atoms. The fourth-order valence-corrected chi connectivity index (χ4v) is 8.78. The molecule has 1 aliphatic heterocycles. The van der Waals surface area contributed by atoms with Gasteiger partial charge in [0, 0.05) is 19.5 Å². The molecule has 498 valence electrons. The minimum Gasteiger partial charge on any atom is -0.481 e. The summed E-state index contributed by atoms with van der Waals surface area (Å²) in [5.74, 6) is -16.8. The number of aliphatic hydroxyl groups excluding tert-OH is 3. The van der Waals surface area contributed by atoms with E-state index in [-0.39, 0.29) is 63.0 Å². The standard InChI is InChI=1S/C53H92N16O19/c1-24(2)17-31(45(80)60-30(13-14-37(55)73)44(79)64-33(19-39(75)76)47(82)66-35(23-72)52(87)88)63-46(81)32(18-25(3)4)62-43(78)29(11-9-15-58-53(56)57)61-50(85)40(26(5)6)67-38(74)20-59-49(84)36-12-10-16-69(36)51(86)41(27(7)8)68-48(83)34(22-71)65-42(77)28(54)21-70/h24-36,40-41,70-72H,9-23,54H2,1-8H3,(H2,55,73)(H,59,84)(H,60,80)(H,61,85)(H,62,78)(H,63,81)(H,64,79)(H,65,77)(H,66,82)(H,67,74)(H,68,83)(H,75,76)(H,87,88)(H4,56,57,58)/t28-,29-,30-,31-,32-,33-,34-,35-,36-,40-,41-/m0/s1. The molecule has 1 aliphatic rings. The highest BCUT2D eigenvalue weighted by atomic mass is 16.4. The van der Waals surface area contributed by atoms with Crippen molar-refractivity contribution in [3.8, 4) is 0 Å². The van der Waals surface area contributed by atoms with Gasteiger partial charge in [-0.15, -0.1) is 0 Å². The van der Waals surface area contributed by atoms with Crippen LogP contribution in [0.4, 0.5) is 0 Å². The van der Waals surface area contributed by atoms with Crippen LogP contribution in [0.3, 0.4) is 0 Å². The molecule has 35 nitrogen and oxygen atoms in total. The van der Waals surface area contributed by atoms with E-state index in [1.165, 1.54) is 4.90 Å². The number of aliphatic carboxylic acids is 2. The Hall–Kier alpha value is -8.31. The smallest absolute Gasteiger partial charge is 0.328 e. The van der Waals surface area contributed by atoms with Crippen molar-refractivity contribution in [2.24, 2.45) is 51.6 Å². The lowest BCUT2D eigenvalue weighted by Crippen LogP contribution is -2.61. The number of guanidine groups is 1. The lowest BCUT2D eigenvalue weighted by atomic mass is 9.98. The van der Waals surface area contributed by atoms with E-state index in [4.69, 9.17) is 22.9 Å². The van der Waals surface area contributed by atoms with E-state index in [1.807, 2.05) is 5.32 Å². The zero-order chi connectivity index (χ0) is 67.3. The highest BCUT2D eigenvalue weighted by Crippen LogP contribution is 2.21. The molecule has 1 rings (SSSR count). The molecule has 1 fully saturated rings. The Bertz CT molecular complexity index is 2480. The van der Waals surface area contributed by atoms with Gasteiger partial charge in [-0.1, -0.05) is 55.4 Å². The first-order valence-corrected chi connectivity index (χ1v) is 28.8. The average Bonchev–Trinajstić information content (AvgIpc) is 4.18. The van der Waals surface area contributed by atoms with E-state index in [0.29, 0.717) is 6.42 Å². The number of carboxylic acid groups (broad SMARTS) is 2. The van der Waals surface area contributed by atoms with Crippen LogP contribution in [0, 0.1) is 23.7 Å². The number of carbonyl (C=O) groups excluding carboxylic acids is 12. The van der Waals surface area contributed by atoms with Gasteiger partial charge in [-0.25, -0.2) is 4.79 Å². The maximum atomic E-state index is 14.3. The fourth-order valence-electron chi connectivity index (χ4n) is 8.78. The summed E-state index contributed by atoms with van der Waals surface area (Å²) in [6.07, 6.45) is -1.80. The predicted octanol–water partition coefficient (Wildman–Crippen LogP) is -7.96. The molecule has 12 amide bonds. The minimum atomic E-state index is -1.96. The van der Waals surface area contributed by atoms with E-state index in [2.05, 4.69) is 52.8 Å². The van der Waals surface area contributed by atoms with Crippen LogP contribution in [0.2, 0.25) is 0 Å². The molecule has 0 bridgehead atoms. The van der Waals surface area contributed by atoms with Gasteiger partial charge in [0.25, 0.3) is 0 Å². The van der Waals surface area contributed by atoms with Gasteiger partial charge in [0.1, 0.15) is 66.5 Å². The fraction of sp³-hybridized carbons (Fsp3) is 0.717. The van der Waals surface area contributed by atoms with Crippen LogP contribution >= 0.6 is 0 Å². The number of aliphatic hydroxyl groups is 3. The average molecular weight is 1260 g/mol. The molecule has 1 saturated heterocycles. The summed E-state index contributed by atoms with van der Waals surface area (Å²) in [5, 5.41) is 71.0. The predicted molar refractivity (Wildman–Crippen MR) is 311 cm³/mol. The number of amides is 12. The van der Waals surface area contributed by atoms with Gasteiger partial charge >= 0.3 is 11.9 Å². The molecule has 1 heterocycles. The summed E-state index contributed by atoms with van der Waals surface area (Å²) in [7, 11) is 0. The van der Waals surface area contributed by atoms with Crippen molar-refractivity contribution in [1.82, 2.24) is 58.1 Å². The topological polar surface area (TPSA) is 580 Å². The lowest BCUT2D eigenvalue weighted by Gasteiger charge is -2.31. The monoisotopic (exact) mass is 1260 g/mol. The van der Waals surface area contributed by atoms with Crippen molar-refractivity contribution in [2.45, 2.75) is 180 Å². The van der Waals surface area contributed by atoms with Crippen LogP contribution < -0.4 is 76.1 Å². The molecule has 0 saturated carbocycles. The van der Waals surface area contributed by atoms with Gasteiger partial charge in [-0.2, -0.15) is 0 Å². The second kappa shape index (κ2) is 38.8. The molecule has 0 aromatic rings. The third kappa shape index (κ3) is 27.6. The van der Waals surface area contributed by atoms with E-state index in [1.54, 1.807) is 55.4 Å². The summed E-state index contributed by atoms with van der Waals surface area (Å²) in [5.41, 5.74) is 21.8. The van der Waals surface area contributed by atoms with E-state index < -0.39 is 207 Å². The summed E-state index contributed by atoms with van der Waals surface area (Å²) < 4.78 is 0. The number of primary amides is 1. The maximum Gasteiger partial charge on any atom is 0.328 e. The van der Waals surface area contributed by atoms with Gasteiger partial charge in [0.15, 0.2) is 5.96 Å². The minimum absolute atomic E-state index is 0.0168. The van der Waals surface area contributed by atoms with Crippen LogP contribution in [-0.2, 0) is 67.1 Å². The number of aliphatic imine (C=N–C) groups is 1. The van der Waals surface area contributed by atoms with Crippen LogP contribution in [0.5, 0.6) is 0 Å². The van der Waals surface area contributed by atoms with Crippen LogP contribution in [-0.4, -0.2) is 225 Å². The Balaban J connectivity index is 3.42. The van der Waals surface area contributed by atoms with Crippen molar-refractivity contribution in [2.75, 3.05) is 39.5 Å². The van der Waals surface area contributed by atoms with Crippen LogP contribution in [0.1, 0.15) is 113 Å². The number of carboxylic acids is 2. The largest absolute Gasteiger partial charge is 0.481 e.